The summed E-state index contributed by atoms with van der Waals surface area (Å²) >= 11 is 1.38. The highest BCUT2D eigenvalue weighted by Crippen LogP contribution is 2.35. The number of aryl methyl sites for hydroxylation is 1. The van der Waals surface area contributed by atoms with Gasteiger partial charge in [-0.1, -0.05) is 73.3 Å². The molecule has 0 bridgehead atoms. The zero-order valence-electron chi connectivity index (χ0n) is 19.7. The maximum atomic E-state index is 13.1. The molecule has 7 heteroatoms. The van der Waals surface area contributed by atoms with Gasteiger partial charge in [-0.2, -0.15) is 0 Å². The minimum Gasteiger partial charge on any atom is -0.493 e. The van der Waals surface area contributed by atoms with E-state index in [-0.39, 0.29) is 11.0 Å². The summed E-state index contributed by atoms with van der Waals surface area (Å²) in [5.74, 6) is 1.97. The number of rotatable bonds is 9. The average Bonchev–Trinajstić information content (AvgIpc) is 3.31. The molecule has 3 aromatic carbocycles. The van der Waals surface area contributed by atoms with E-state index < -0.39 is 0 Å². The Bertz CT molecular complexity index is 1270. The third kappa shape index (κ3) is 4.84. The van der Waals surface area contributed by atoms with Crippen LogP contribution in [0.4, 0.5) is 0 Å². The number of hydrogen-bond donors (Lipinski definition) is 0. The Hall–Kier alpha value is -3.58. The van der Waals surface area contributed by atoms with Crippen molar-refractivity contribution in [1.29, 1.82) is 0 Å². The normalized spacial score (nSPS) is 11.8. The molecule has 0 N–H and O–H groups in total. The molecule has 0 spiro atoms. The van der Waals surface area contributed by atoms with E-state index in [1.165, 1.54) is 17.3 Å². The molecule has 0 aliphatic carbocycles. The minimum atomic E-state index is -0.348. The Morgan fingerprint density at radius 1 is 0.941 bits per heavy atom. The Morgan fingerprint density at radius 2 is 1.65 bits per heavy atom. The maximum absolute atomic E-state index is 13.1. The molecule has 0 saturated carbocycles. The van der Waals surface area contributed by atoms with E-state index in [4.69, 9.17) is 9.47 Å². The molecule has 0 amide bonds. The van der Waals surface area contributed by atoms with Gasteiger partial charge >= 0.3 is 0 Å². The molecule has 4 rings (SSSR count). The quantitative estimate of drug-likeness (QED) is 0.223. The van der Waals surface area contributed by atoms with Gasteiger partial charge in [-0.3, -0.25) is 9.36 Å². The summed E-state index contributed by atoms with van der Waals surface area (Å²) in [6, 6.07) is 23.3. The van der Waals surface area contributed by atoms with Gasteiger partial charge in [0.2, 0.25) is 0 Å². The monoisotopic (exact) mass is 473 g/mol. The molecule has 1 aromatic heterocycles. The number of methoxy groups -OCH3 is 2. The lowest BCUT2D eigenvalue weighted by Crippen LogP contribution is -2.14. The highest BCUT2D eigenvalue weighted by Gasteiger charge is 2.23. The lowest BCUT2D eigenvalue weighted by Gasteiger charge is -2.15. The summed E-state index contributed by atoms with van der Waals surface area (Å²) in [5.41, 5.74) is 3.64. The number of thioether (sulfide) groups is 1. The van der Waals surface area contributed by atoms with Gasteiger partial charge in [0.1, 0.15) is 0 Å². The van der Waals surface area contributed by atoms with Gasteiger partial charge in [0.05, 0.1) is 25.2 Å². The molecule has 0 aliphatic heterocycles. The fraction of sp³-hybridized carbons (Fsp3) is 0.222. The fourth-order valence-corrected chi connectivity index (χ4v) is 4.61. The van der Waals surface area contributed by atoms with Crippen LogP contribution in [0.2, 0.25) is 0 Å². The van der Waals surface area contributed by atoms with Crippen LogP contribution in [0, 0.1) is 0 Å². The first-order valence-corrected chi connectivity index (χ1v) is 12.0. The Balaban J connectivity index is 1.73. The summed E-state index contributed by atoms with van der Waals surface area (Å²) < 4.78 is 12.9. The van der Waals surface area contributed by atoms with E-state index in [9.17, 15) is 4.79 Å². The van der Waals surface area contributed by atoms with E-state index in [2.05, 4.69) is 17.1 Å². The number of carbonyl (C=O) groups excluding carboxylic acids is 1. The SMILES string of the molecule is CCc1ccc(C(=O)C(C)Sc2nnc(-c3ccccc3)n2-c2ccc(OC)c(OC)c2)cc1. The Morgan fingerprint density at radius 3 is 2.29 bits per heavy atom. The molecule has 34 heavy (non-hydrogen) atoms. The van der Waals surface area contributed by atoms with Crippen molar-refractivity contribution in [2.45, 2.75) is 30.7 Å². The van der Waals surface area contributed by atoms with Crippen LogP contribution in [0.3, 0.4) is 0 Å². The van der Waals surface area contributed by atoms with Gasteiger partial charge in [-0.25, -0.2) is 0 Å². The highest BCUT2D eigenvalue weighted by atomic mass is 32.2. The third-order valence-electron chi connectivity index (χ3n) is 5.59. The number of nitrogens with zero attached hydrogens (tertiary/aromatic N) is 3. The average molecular weight is 474 g/mol. The van der Waals surface area contributed by atoms with Crippen molar-refractivity contribution in [2.24, 2.45) is 0 Å². The van der Waals surface area contributed by atoms with E-state index in [1.807, 2.05) is 84.3 Å². The summed E-state index contributed by atoms with van der Waals surface area (Å²) in [6.07, 6.45) is 0.940. The van der Waals surface area contributed by atoms with Crippen LogP contribution >= 0.6 is 11.8 Å². The molecule has 0 radical (unpaired) electrons. The molecular formula is C27H27N3O3S. The largest absolute Gasteiger partial charge is 0.493 e. The van der Waals surface area contributed by atoms with E-state index >= 15 is 0 Å². The van der Waals surface area contributed by atoms with Crippen LogP contribution in [0.25, 0.3) is 17.1 Å². The number of ether oxygens (including phenoxy) is 2. The summed E-state index contributed by atoms with van der Waals surface area (Å²) in [6.45, 7) is 4.00. The van der Waals surface area contributed by atoms with Gasteiger partial charge in [0, 0.05) is 17.2 Å². The van der Waals surface area contributed by atoms with E-state index in [0.717, 1.165) is 17.7 Å². The third-order valence-corrected chi connectivity index (χ3v) is 6.63. The van der Waals surface area contributed by atoms with Gasteiger partial charge < -0.3 is 9.47 Å². The number of ketones is 1. The van der Waals surface area contributed by atoms with Gasteiger partial charge in [0.15, 0.2) is 28.3 Å². The van der Waals surface area contributed by atoms with Gasteiger partial charge in [0.25, 0.3) is 0 Å². The van der Waals surface area contributed by atoms with Gasteiger partial charge in [-0.05, 0) is 31.0 Å². The van der Waals surface area contributed by atoms with Crippen molar-refractivity contribution in [3.8, 4) is 28.6 Å². The Labute approximate surface area is 203 Å². The first-order chi connectivity index (χ1) is 16.5. The Kier molecular flexibility index (Phi) is 7.33. The molecule has 4 aromatic rings. The highest BCUT2D eigenvalue weighted by molar-refractivity contribution is 8.00. The smallest absolute Gasteiger partial charge is 0.196 e. The van der Waals surface area contributed by atoms with Gasteiger partial charge in [-0.15, -0.1) is 10.2 Å². The first kappa shape index (κ1) is 23.6. The zero-order valence-corrected chi connectivity index (χ0v) is 20.5. The fourth-order valence-electron chi connectivity index (χ4n) is 3.67. The molecule has 1 unspecified atom stereocenters. The van der Waals surface area contributed by atoms with Crippen molar-refractivity contribution in [3.63, 3.8) is 0 Å². The lowest BCUT2D eigenvalue weighted by molar-refractivity contribution is 0.0994. The standard InChI is InChI=1S/C27H27N3O3S/c1-5-19-11-13-20(14-12-19)25(31)18(2)34-27-29-28-26(21-9-7-6-8-10-21)30(27)22-15-16-23(32-3)24(17-22)33-4/h6-18H,5H2,1-4H3. The van der Waals surface area contributed by atoms with Crippen LogP contribution < -0.4 is 9.47 Å². The van der Waals surface area contributed by atoms with Crippen molar-refractivity contribution >= 4 is 17.5 Å². The van der Waals surface area contributed by atoms with Crippen LogP contribution in [-0.4, -0.2) is 40.0 Å². The predicted octanol–water partition coefficient (Wildman–Crippen LogP) is 5.88. The van der Waals surface area contributed by atoms with Crippen LogP contribution in [0.15, 0.2) is 78.0 Å². The lowest BCUT2D eigenvalue weighted by atomic mass is 10.1. The molecule has 0 aliphatic rings. The van der Waals surface area contributed by atoms with Crippen molar-refractivity contribution in [3.05, 3.63) is 83.9 Å². The maximum Gasteiger partial charge on any atom is 0.196 e. The summed E-state index contributed by atoms with van der Waals surface area (Å²) in [5, 5.41) is 9.21. The number of aromatic nitrogens is 3. The molecule has 1 atom stereocenters. The first-order valence-electron chi connectivity index (χ1n) is 11.1. The van der Waals surface area contributed by atoms with Crippen molar-refractivity contribution in [2.75, 3.05) is 14.2 Å². The van der Waals surface area contributed by atoms with Crippen LogP contribution in [0.5, 0.6) is 11.5 Å². The molecule has 0 fully saturated rings. The second-order valence-corrected chi connectivity index (χ2v) is 9.03. The number of benzene rings is 3. The van der Waals surface area contributed by atoms with Crippen LogP contribution in [0.1, 0.15) is 29.8 Å². The number of hydrogen-bond acceptors (Lipinski definition) is 6. The summed E-state index contributed by atoms with van der Waals surface area (Å²) in [7, 11) is 3.21. The van der Waals surface area contributed by atoms with Crippen molar-refractivity contribution < 1.29 is 14.3 Å². The minimum absolute atomic E-state index is 0.0516. The predicted molar refractivity (Wildman–Crippen MR) is 135 cm³/mol. The molecule has 1 heterocycles. The second-order valence-electron chi connectivity index (χ2n) is 7.72. The zero-order chi connectivity index (χ0) is 24.1. The van der Waals surface area contributed by atoms with E-state index in [0.29, 0.717) is 28.0 Å². The second kappa shape index (κ2) is 10.6. The molecule has 174 valence electrons. The number of Topliss-reactive ketones (excluding diaryl/α,β-unsaturated/α-hetero) is 1. The molecular weight excluding hydrogens is 446 g/mol. The molecule has 6 nitrogen and oxygen atoms in total. The summed E-state index contributed by atoms with van der Waals surface area (Å²) in [4.78, 5) is 13.1. The molecule has 0 saturated heterocycles. The number of carbonyl (C=O) groups is 1. The van der Waals surface area contributed by atoms with E-state index in [1.54, 1.807) is 14.2 Å². The van der Waals surface area contributed by atoms with Crippen LogP contribution in [-0.2, 0) is 6.42 Å². The van der Waals surface area contributed by atoms with Crippen molar-refractivity contribution in [1.82, 2.24) is 14.8 Å². The topological polar surface area (TPSA) is 66.2 Å².